The van der Waals surface area contributed by atoms with Crippen LogP contribution in [0.3, 0.4) is 0 Å². The lowest BCUT2D eigenvalue weighted by Gasteiger charge is -2.14. The summed E-state index contributed by atoms with van der Waals surface area (Å²) in [5.74, 6) is -3.53. The summed E-state index contributed by atoms with van der Waals surface area (Å²) in [7, 11) is 0. The van der Waals surface area contributed by atoms with E-state index in [0.717, 1.165) is 11.3 Å². The second kappa shape index (κ2) is 7.86. The van der Waals surface area contributed by atoms with E-state index in [4.69, 9.17) is 5.73 Å². The van der Waals surface area contributed by atoms with Crippen LogP contribution < -0.4 is 11.1 Å². The van der Waals surface area contributed by atoms with E-state index in [1.165, 1.54) is 0 Å². The Balaban J connectivity index is 0.00000242. The average Bonchev–Trinajstić information content (AvgIpc) is 3.00. The molecule has 0 spiro atoms. The molecule has 5 nitrogen and oxygen atoms in total. The van der Waals surface area contributed by atoms with Gasteiger partial charge in [-0.15, -0.1) is 12.4 Å². The van der Waals surface area contributed by atoms with Crippen molar-refractivity contribution in [1.29, 1.82) is 0 Å². The van der Waals surface area contributed by atoms with E-state index in [1.807, 2.05) is 12.1 Å². The molecule has 2 aromatic rings. The van der Waals surface area contributed by atoms with Crippen LogP contribution in [-0.2, 0) is 11.2 Å². The highest BCUT2D eigenvalue weighted by Crippen LogP contribution is 2.10. The van der Waals surface area contributed by atoms with Gasteiger partial charge in [0.25, 0.3) is 5.92 Å². The summed E-state index contributed by atoms with van der Waals surface area (Å²) in [4.78, 5) is 11.6. The molecule has 8 heteroatoms. The number of nitrogens with one attached hydrogen (secondary N) is 1. The molecule has 0 aliphatic heterocycles. The van der Waals surface area contributed by atoms with Gasteiger partial charge in [-0.25, -0.2) is 13.5 Å². The molecule has 120 valence electrons. The van der Waals surface area contributed by atoms with Crippen molar-refractivity contribution >= 4 is 18.3 Å². The standard InChI is InChI=1S/C14H16F2N4O.ClH/c15-14(16,9-17)10-18-13(21)8-11-2-4-12(5-3-11)20-7-1-6-19-20;/h1-7H,8-10,17H2,(H,18,21);1H. The molecule has 22 heavy (non-hydrogen) atoms. The first kappa shape index (κ1) is 18.1. The summed E-state index contributed by atoms with van der Waals surface area (Å²) in [6, 6.07) is 8.95. The molecule has 0 bridgehead atoms. The molecule has 0 unspecified atom stereocenters. The topological polar surface area (TPSA) is 72.9 Å². The maximum Gasteiger partial charge on any atom is 0.277 e. The minimum absolute atomic E-state index is 0. The minimum Gasteiger partial charge on any atom is -0.350 e. The lowest BCUT2D eigenvalue weighted by atomic mass is 10.1. The summed E-state index contributed by atoms with van der Waals surface area (Å²) in [5.41, 5.74) is 6.49. The first-order chi connectivity index (χ1) is 10.00. The van der Waals surface area contributed by atoms with E-state index in [1.54, 1.807) is 35.3 Å². The van der Waals surface area contributed by atoms with E-state index in [0.29, 0.717) is 0 Å². The zero-order valence-corrected chi connectivity index (χ0v) is 12.5. The Hall–Kier alpha value is -1.99. The van der Waals surface area contributed by atoms with Gasteiger partial charge in [0.15, 0.2) is 0 Å². The van der Waals surface area contributed by atoms with Crippen molar-refractivity contribution < 1.29 is 13.6 Å². The van der Waals surface area contributed by atoms with E-state index < -0.39 is 24.9 Å². The Morgan fingerprint density at radius 2 is 2.00 bits per heavy atom. The molecule has 0 saturated heterocycles. The molecular formula is C14H17ClF2N4O. The molecule has 0 fully saturated rings. The molecule has 1 aromatic carbocycles. The first-order valence-electron chi connectivity index (χ1n) is 6.44. The highest BCUT2D eigenvalue weighted by atomic mass is 35.5. The smallest absolute Gasteiger partial charge is 0.277 e. The maximum atomic E-state index is 12.9. The number of rotatable bonds is 6. The molecule has 0 atom stereocenters. The lowest BCUT2D eigenvalue weighted by molar-refractivity contribution is -0.122. The lowest BCUT2D eigenvalue weighted by Crippen LogP contribution is -2.42. The summed E-state index contributed by atoms with van der Waals surface area (Å²) < 4.78 is 27.5. The van der Waals surface area contributed by atoms with Crippen LogP contribution in [-0.4, -0.2) is 34.7 Å². The van der Waals surface area contributed by atoms with Crippen molar-refractivity contribution in [2.45, 2.75) is 12.3 Å². The highest BCUT2D eigenvalue weighted by molar-refractivity contribution is 5.85. The predicted octanol–water partition coefficient (Wildman–Crippen LogP) is 1.55. The highest BCUT2D eigenvalue weighted by Gasteiger charge is 2.26. The number of carbonyl (C=O) groups is 1. The quantitative estimate of drug-likeness (QED) is 0.844. The summed E-state index contributed by atoms with van der Waals surface area (Å²) in [6.45, 7) is -1.53. The molecule has 2 rings (SSSR count). The van der Waals surface area contributed by atoms with Crippen molar-refractivity contribution in [3.63, 3.8) is 0 Å². The van der Waals surface area contributed by atoms with Gasteiger partial charge in [-0.2, -0.15) is 5.10 Å². The molecule has 1 aromatic heterocycles. The Morgan fingerprint density at radius 1 is 1.32 bits per heavy atom. The van der Waals surface area contributed by atoms with Crippen LogP contribution in [0.5, 0.6) is 0 Å². The van der Waals surface area contributed by atoms with Gasteiger partial charge in [0.1, 0.15) is 0 Å². The van der Waals surface area contributed by atoms with Gasteiger partial charge >= 0.3 is 0 Å². The largest absolute Gasteiger partial charge is 0.350 e. The monoisotopic (exact) mass is 330 g/mol. The van der Waals surface area contributed by atoms with Crippen LogP contribution in [0.2, 0.25) is 0 Å². The van der Waals surface area contributed by atoms with Crippen LogP contribution >= 0.6 is 12.4 Å². The van der Waals surface area contributed by atoms with Gasteiger partial charge in [-0.1, -0.05) is 12.1 Å². The van der Waals surface area contributed by atoms with Crippen LogP contribution in [0, 0.1) is 0 Å². The van der Waals surface area contributed by atoms with Gasteiger partial charge in [-0.05, 0) is 23.8 Å². The molecule has 0 aliphatic rings. The summed E-state index contributed by atoms with van der Waals surface area (Å²) >= 11 is 0. The number of amides is 1. The van der Waals surface area contributed by atoms with Crippen LogP contribution in [0.1, 0.15) is 5.56 Å². The van der Waals surface area contributed by atoms with Gasteiger partial charge in [0.05, 0.1) is 25.2 Å². The number of benzene rings is 1. The zero-order chi connectivity index (χ0) is 15.3. The van der Waals surface area contributed by atoms with Crippen molar-refractivity contribution in [2.24, 2.45) is 5.73 Å². The van der Waals surface area contributed by atoms with Crippen molar-refractivity contribution in [3.8, 4) is 5.69 Å². The Morgan fingerprint density at radius 3 is 2.55 bits per heavy atom. The fourth-order valence-electron chi connectivity index (χ4n) is 1.74. The van der Waals surface area contributed by atoms with Gasteiger partial charge in [-0.3, -0.25) is 4.79 Å². The molecule has 0 radical (unpaired) electrons. The number of nitrogens with two attached hydrogens (primary N) is 1. The third-order valence-corrected chi connectivity index (χ3v) is 2.91. The summed E-state index contributed by atoms with van der Waals surface area (Å²) in [6.07, 6.45) is 3.51. The Bertz CT molecular complexity index is 587. The third-order valence-electron chi connectivity index (χ3n) is 2.91. The average molecular weight is 331 g/mol. The van der Waals surface area contributed by atoms with E-state index in [-0.39, 0.29) is 18.8 Å². The normalized spacial score (nSPS) is 10.9. The van der Waals surface area contributed by atoms with Crippen LogP contribution in [0.15, 0.2) is 42.7 Å². The number of halogens is 3. The molecule has 0 saturated carbocycles. The van der Waals surface area contributed by atoms with Crippen molar-refractivity contribution in [3.05, 3.63) is 48.3 Å². The van der Waals surface area contributed by atoms with Crippen LogP contribution in [0.25, 0.3) is 5.69 Å². The number of aromatic nitrogens is 2. The molecule has 1 heterocycles. The van der Waals surface area contributed by atoms with Gasteiger partial charge in [0.2, 0.25) is 5.91 Å². The Kier molecular flexibility index (Phi) is 6.45. The molecule has 0 aliphatic carbocycles. The fraction of sp³-hybridized carbons (Fsp3) is 0.286. The number of hydrogen-bond acceptors (Lipinski definition) is 3. The first-order valence-corrected chi connectivity index (χ1v) is 6.44. The SMILES string of the molecule is Cl.NCC(F)(F)CNC(=O)Cc1ccc(-n2cccn2)cc1. The zero-order valence-electron chi connectivity index (χ0n) is 11.7. The van der Waals surface area contributed by atoms with Crippen LogP contribution in [0.4, 0.5) is 8.78 Å². The number of alkyl halides is 2. The molecule has 3 N–H and O–H groups in total. The number of carbonyl (C=O) groups excluding carboxylic acids is 1. The third kappa shape index (κ3) is 5.09. The minimum atomic E-state index is -3.07. The van der Waals surface area contributed by atoms with E-state index >= 15 is 0 Å². The van der Waals surface area contributed by atoms with Crippen molar-refractivity contribution in [1.82, 2.24) is 15.1 Å². The maximum absolute atomic E-state index is 12.9. The summed E-state index contributed by atoms with van der Waals surface area (Å²) in [5, 5.41) is 6.26. The second-order valence-corrected chi connectivity index (χ2v) is 4.63. The number of hydrogen-bond donors (Lipinski definition) is 2. The van der Waals surface area contributed by atoms with E-state index in [9.17, 15) is 13.6 Å². The van der Waals surface area contributed by atoms with Gasteiger partial charge < -0.3 is 11.1 Å². The van der Waals surface area contributed by atoms with E-state index in [2.05, 4.69) is 10.4 Å². The molecular weight excluding hydrogens is 314 g/mol. The molecule has 1 amide bonds. The van der Waals surface area contributed by atoms with Crippen molar-refractivity contribution in [2.75, 3.05) is 13.1 Å². The Labute approximate surface area is 132 Å². The second-order valence-electron chi connectivity index (χ2n) is 4.63. The predicted molar refractivity (Wildman–Crippen MR) is 81.5 cm³/mol. The van der Waals surface area contributed by atoms with Gasteiger partial charge in [0, 0.05) is 12.4 Å². The number of nitrogens with zero attached hydrogens (tertiary/aromatic N) is 2. The fourth-order valence-corrected chi connectivity index (χ4v) is 1.74.